The van der Waals surface area contributed by atoms with Crippen molar-refractivity contribution >= 4 is 39.8 Å². The summed E-state index contributed by atoms with van der Waals surface area (Å²) in [7, 11) is 1.54. The first-order chi connectivity index (χ1) is 14.7. The van der Waals surface area contributed by atoms with Crippen molar-refractivity contribution < 1.29 is 22.7 Å². The van der Waals surface area contributed by atoms with Crippen molar-refractivity contribution in [3.8, 4) is 0 Å². The maximum Gasteiger partial charge on any atom is 0.416 e. The molecule has 1 heterocycles. The van der Waals surface area contributed by atoms with Crippen LogP contribution in [0.25, 0.3) is 22.4 Å². The Balaban J connectivity index is 1.82. The fourth-order valence-corrected chi connectivity index (χ4v) is 3.87. The quantitative estimate of drug-likeness (QED) is 0.479. The van der Waals surface area contributed by atoms with E-state index in [1.54, 1.807) is 6.07 Å². The van der Waals surface area contributed by atoms with Gasteiger partial charge in [0.25, 0.3) is 0 Å². The van der Waals surface area contributed by atoms with Gasteiger partial charge in [-0.25, -0.2) is 0 Å². The van der Waals surface area contributed by atoms with Gasteiger partial charge in [-0.1, -0.05) is 48.0 Å². The van der Waals surface area contributed by atoms with E-state index in [-0.39, 0.29) is 22.8 Å². The first kappa shape index (κ1) is 21.0. The number of allylic oxidation sites excluding steroid dienone is 1. The van der Waals surface area contributed by atoms with Gasteiger partial charge in [-0.05, 0) is 53.1 Å². The molecule has 0 fully saturated rings. The van der Waals surface area contributed by atoms with E-state index in [0.29, 0.717) is 10.6 Å². The Morgan fingerprint density at radius 1 is 1.06 bits per heavy atom. The number of hydrogen-bond donors (Lipinski definition) is 1. The number of carbonyl (C=O) groups excluding carboxylic acids is 1. The summed E-state index contributed by atoms with van der Waals surface area (Å²) < 4.78 is 45.2. The van der Waals surface area contributed by atoms with Crippen molar-refractivity contribution in [1.29, 1.82) is 0 Å². The van der Waals surface area contributed by atoms with Crippen molar-refractivity contribution in [3.05, 3.63) is 93.5 Å². The van der Waals surface area contributed by atoms with Crippen LogP contribution in [-0.4, -0.2) is 12.8 Å². The summed E-state index contributed by atoms with van der Waals surface area (Å²) in [6.07, 6.45) is -2.98. The Kier molecular flexibility index (Phi) is 5.27. The standard InChI is InChI=1S/C24H17ClF3NO2/c1-13-5-3-6-14-9-10-18(25)17(20(13)14)12-19-22(30)21(23(29-2)31-19)15-7-4-8-16(11-15)24(26,27)28/h3-12,29H,1-2H3/b19-12+. The summed E-state index contributed by atoms with van der Waals surface area (Å²) in [6, 6.07) is 14.0. The normalized spacial score (nSPS) is 15.7. The highest BCUT2D eigenvalue weighted by molar-refractivity contribution is 6.35. The lowest BCUT2D eigenvalue weighted by molar-refractivity contribution is -0.137. The Morgan fingerprint density at radius 2 is 1.81 bits per heavy atom. The first-order valence-corrected chi connectivity index (χ1v) is 9.80. The minimum Gasteiger partial charge on any atom is -0.436 e. The number of fused-ring (bicyclic) bond motifs is 1. The summed E-state index contributed by atoms with van der Waals surface area (Å²) in [5, 5.41) is 5.01. The van der Waals surface area contributed by atoms with Crippen molar-refractivity contribution in [2.24, 2.45) is 0 Å². The number of ketones is 1. The molecule has 3 nitrogen and oxygen atoms in total. The Hall–Kier alpha value is -3.25. The van der Waals surface area contributed by atoms with Crippen molar-refractivity contribution in [1.82, 2.24) is 5.32 Å². The minimum absolute atomic E-state index is 0.0191. The molecule has 0 aliphatic carbocycles. The van der Waals surface area contributed by atoms with Crippen LogP contribution in [0.15, 0.2) is 66.2 Å². The third-order valence-corrected chi connectivity index (χ3v) is 5.44. The summed E-state index contributed by atoms with van der Waals surface area (Å²) in [5.41, 5.74) is 0.894. The second-order valence-corrected chi connectivity index (χ2v) is 7.51. The molecule has 0 radical (unpaired) electrons. The van der Waals surface area contributed by atoms with Gasteiger partial charge in [-0.15, -0.1) is 0 Å². The fraction of sp³-hybridized carbons (Fsp3) is 0.125. The van der Waals surface area contributed by atoms with E-state index < -0.39 is 17.5 Å². The van der Waals surface area contributed by atoms with Gasteiger partial charge < -0.3 is 10.1 Å². The van der Waals surface area contributed by atoms with E-state index in [0.717, 1.165) is 28.5 Å². The number of hydrogen-bond acceptors (Lipinski definition) is 3. The first-order valence-electron chi connectivity index (χ1n) is 9.42. The maximum absolute atomic E-state index is 13.2. The molecule has 7 heteroatoms. The predicted molar refractivity (Wildman–Crippen MR) is 115 cm³/mol. The molecule has 158 valence electrons. The molecule has 0 bridgehead atoms. The van der Waals surface area contributed by atoms with Crippen LogP contribution >= 0.6 is 11.6 Å². The molecule has 0 spiro atoms. The summed E-state index contributed by atoms with van der Waals surface area (Å²) in [5.74, 6) is -0.455. The molecule has 4 rings (SSSR count). The van der Waals surface area contributed by atoms with Gasteiger partial charge in [-0.3, -0.25) is 4.79 Å². The van der Waals surface area contributed by atoms with Crippen LogP contribution in [0.4, 0.5) is 13.2 Å². The smallest absolute Gasteiger partial charge is 0.416 e. The van der Waals surface area contributed by atoms with Gasteiger partial charge in [0.2, 0.25) is 11.7 Å². The molecular weight excluding hydrogens is 427 g/mol. The number of halogens is 4. The van der Waals surface area contributed by atoms with Crippen molar-refractivity contribution in [2.75, 3.05) is 7.05 Å². The molecule has 31 heavy (non-hydrogen) atoms. The lowest BCUT2D eigenvalue weighted by Gasteiger charge is -2.09. The van der Waals surface area contributed by atoms with Gasteiger partial charge in [-0.2, -0.15) is 13.2 Å². The monoisotopic (exact) mass is 443 g/mol. The third-order valence-electron chi connectivity index (χ3n) is 5.11. The molecule has 0 unspecified atom stereocenters. The summed E-state index contributed by atoms with van der Waals surface area (Å²) in [6.45, 7) is 1.93. The van der Waals surface area contributed by atoms with Crippen LogP contribution in [0.3, 0.4) is 0 Å². The Morgan fingerprint density at radius 3 is 2.52 bits per heavy atom. The second-order valence-electron chi connectivity index (χ2n) is 7.11. The van der Waals surface area contributed by atoms with E-state index in [1.807, 2.05) is 31.2 Å². The Bertz CT molecular complexity index is 1280. The van der Waals surface area contributed by atoms with Gasteiger partial charge in [0.15, 0.2) is 5.76 Å². The van der Waals surface area contributed by atoms with E-state index in [1.165, 1.54) is 25.3 Å². The van der Waals surface area contributed by atoms with E-state index >= 15 is 0 Å². The Labute approximate surface area is 181 Å². The predicted octanol–water partition coefficient (Wildman–Crippen LogP) is 6.35. The van der Waals surface area contributed by atoms with Gasteiger partial charge >= 0.3 is 6.18 Å². The zero-order valence-corrected chi connectivity index (χ0v) is 17.4. The molecule has 0 atom stereocenters. The molecular formula is C24H17ClF3NO2. The van der Waals surface area contributed by atoms with Crippen LogP contribution in [0.1, 0.15) is 22.3 Å². The second kappa shape index (κ2) is 7.78. The number of carbonyl (C=O) groups is 1. The average molecular weight is 444 g/mol. The number of aryl methyl sites for hydroxylation is 1. The molecule has 3 aromatic rings. The lowest BCUT2D eigenvalue weighted by atomic mass is 9.97. The largest absolute Gasteiger partial charge is 0.436 e. The highest BCUT2D eigenvalue weighted by Crippen LogP contribution is 2.37. The number of benzene rings is 3. The SMILES string of the molecule is CNC1=C(c2cccc(C(F)(F)F)c2)C(=O)/C(=C\c2c(Cl)ccc3cccc(C)c23)O1. The zero-order chi connectivity index (χ0) is 22.3. The number of alkyl halides is 3. The van der Waals surface area contributed by atoms with E-state index in [4.69, 9.17) is 16.3 Å². The zero-order valence-electron chi connectivity index (χ0n) is 16.6. The number of nitrogens with one attached hydrogen (secondary N) is 1. The number of rotatable bonds is 3. The lowest BCUT2D eigenvalue weighted by Crippen LogP contribution is -2.09. The third kappa shape index (κ3) is 3.79. The summed E-state index contributed by atoms with van der Waals surface area (Å²) in [4.78, 5) is 13.2. The van der Waals surface area contributed by atoms with Crippen LogP contribution < -0.4 is 5.32 Å². The van der Waals surface area contributed by atoms with E-state index in [2.05, 4.69) is 5.32 Å². The van der Waals surface area contributed by atoms with Crippen LogP contribution in [0.2, 0.25) is 5.02 Å². The molecule has 1 N–H and O–H groups in total. The van der Waals surface area contributed by atoms with Gasteiger partial charge in [0, 0.05) is 17.6 Å². The maximum atomic E-state index is 13.2. The van der Waals surface area contributed by atoms with Crippen LogP contribution in [0, 0.1) is 6.92 Å². The minimum atomic E-state index is -4.52. The molecule has 1 aliphatic rings. The van der Waals surface area contributed by atoms with Gasteiger partial charge in [0.1, 0.15) is 0 Å². The highest BCUT2D eigenvalue weighted by atomic mass is 35.5. The molecule has 0 saturated carbocycles. The van der Waals surface area contributed by atoms with Crippen LogP contribution in [-0.2, 0) is 15.7 Å². The van der Waals surface area contributed by atoms with Crippen LogP contribution in [0.5, 0.6) is 0 Å². The number of ether oxygens (including phenoxy) is 1. The van der Waals surface area contributed by atoms with Crippen molar-refractivity contribution in [3.63, 3.8) is 0 Å². The highest BCUT2D eigenvalue weighted by Gasteiger charge is 2.35. The molecule has 1 aliphatic heterocycles. The summed E-state index contributed by atoms with van der Waals surface area (Å²) >= 11 is 6.43. The molecule has 0 aromatic heterocycles. The van der Waals surface area contributed by atoms with Crippen molar-refractivity contribution in [2.45, 2.75) is 13.1 Å². The molecule has 0 amide bonds. The molecule has 3 aromatic carbocycles. The average Bonchev–Trinajstić information content (AvgIpc) is 3.05. The number of Topliss-reactive ketones (excluding diaryl/α,β-unsaturated/α-hetero) is 1. The molecule has 0 saturated heterocycles. The van der Waals surface area contributed by atoms with Gasteiger partial charge in [0.05, 0.1) is 11.1 Å². The van der Waals surface area contributed by atoms with E-state index in [9.17, 15) is 18.0 Å². The fourth-order valence-electron chi connectivity index (χ4n) is 3.66. The topological polar surface area (TPSA) is 38.3 Å².